The van der Waals surface area contributed by atoms with Gasteiger partial charge >= 0.3 is 5.97 Å². The number of benzene rings is 1. The van der Waals surface area contributed by atoms with Gasteiger partial charge < -0.3 is 14.8 Å². The molecule has 1 aromatic heterocycles. The van der Waals surface area contributed by atoms with Crippen molar-refractivity contribution in [2.75, 3.05) is 6.54 Å². The van der Waals surface area contributed by atoms with Gasteiger partial charge in [-0.25, -0.2) is 13.8 Å². The molecule has 0 aliphatic carbocycles. The number of carboxylic acids is 1. The Morgan fingerprint density at radius 3 is 2.69 bits per heavy atom. The quantitative estimate of drug-likeness (QED) is 0.749. The lowest BCUT2D eigenvalue weighted by atomic mass is 9.90. The van der Waals surface area contributed by atoms with Crippen molar-refractivity contribution in [1.82, 2.24) is 10.3 Å². The van der Waals surface area contributed by atoms with E-state index < -0.39 is 23.0 Å². The zero-order chi connectivity index (χ0) is 19.3. The average Bonchev–Trinajstić information content (AvgIpc) is 3.01. The first kappa shape index (κ1) is 19.6. The van der Waals surface area contributed by atoms with E-state index in [-0.39, 0.29) is 42.5 Å². The molecular formula is C18H20F2N2O4. The van der Waals surface area contributed by atoms with Crippen LogP contribution in [0, 0.1) is 17.0 Å². The first-order valence-electron chi connectivity index (χ1n) is 8.09. The topological polar surface area (TPSA) is 92.4 Å². The molecule has 1 aromatic carbocycles. The number of nitrogens with one attached hydrogen (secondary N) is 1. The molecule has 0 bridgehead atoms. The second-order valence-corrected chi connectivity index (χ2v) is 6.53. The molecule has 2 N–H and O–H groups in total. The van der Waals surface area contributed by atoms with E-state index >= 15 is 0 Å². The van der Waals surface area contributed by atoms with E-state index in [0.29, 0.717) is 6.42 Å². The van der Waals surface area contributed by atoms with Crippen LogP contribution in [0.5, 0.6) is 0 Å². The van der Waals surface area contributed by atoms with Crippen LogP contribution in [0.25, 0.3) is 11.3 Å². The van der Waals surface area contributed by atoms with Crippen LogP contribution >= 0.6 is 0 Å². The van der Waals surface area contributed by atoms with Crippen molar-refractivity contribution in [1.29, 1.82) is 0 Å². The first-order chi connectivity index (χ1) is 12.2. The average molecular weight is 366 g/mol. The zero-order valence-corrected chi connectivity index (χ0v) is 14.5. The third kappa shape index (κ3) is 5.11. The Labute approximate surface area is 149 Å². The van der Waals surface area contributed by atoms with Gasteiger partial charge in [-0.1, -0.05) is 0 Å². The molecular weight excluding hydrogens is 346 g/mol. The summed E-state index contributed by atoms with van der Waals surface area (Å²) in [7, 11) is 0. The second-order valence-electron chi connectivity index (χ2n) is 6.53. The number of carbonyl (C=O) groups is 2. The summed E-state index contributed by atoms with van der Waals surface area (Å²) in [5, 5.41) is 11.7. The van der Waals surface area contributed by atoms with Gasteiger partial charge in [0.1, 0.15) is 11.6 Å². The number of aromatic nitrogens is 1. The van der Waals surface area contributed by atoms with E-state index in [9.17, 15) is 18.4 Å². The van der Waals surface area contributed by atoms with E-state index in [1.807, 2.05) is 0 Å². The van der Waals surface area contributed by atoms with Gasteiger partial charge in [0.05, 0.1) is 17.2 Å². The van der Waals surface area contributed by atoms with Gasteiger partial charge in [0.2, 0.25) is 5.91 Å². The molecule has 0 unspecified atom stereocenters. The van der Waals surface area contributed by atoms with Crippen LogP contribution in [0.1, 0.15) is 32.6 Å². The number of carboxylic acid groups (broad SMARTS) is 1. The summed E-state index contributed by atoms with van der Waals surface area (Å²) in [5.41, 5.74) is -0.824. The highest BCUT2D eigenvalue weighted by Crippen LogP contribution is 2.24. The van der Waals surface area contributed by atoms with Gasteiger partial charge in [0, 0.05) is 25.5 Å². The minimum Gasteiger partial charge on any atom is -0.481 e. The number of rotatable bonds is 8. The molecule has 8 heteroatoms. The number of aliphatic carboxylic acids is 1. The maximum absolute atomic E-state index is 13.7. The molecule has 0 aliphatic rings. The Kier molecular flexibility index (Phi) is 6.07. The number of aryl methyl sites for hydroxylation is 1. The normalized spacial score (nSPS) is 11.4. The van der Waals surface area contributed by atoms with E-state index in [4.69, 9.17) is 9.52 Å². The van der Waals surface area contributed by atoms with Gasteiger partial charge in [0.15, 0.2) is 11.7 Å². The fraction of sp³-hybridized carbons (Fsp3) is 0.389. The fourth-order valence-corrected chi connectivity index (χ4v) is 2.17. The van der Waals surface area contributed by atoms with Crippen LogP contribution < -0.4 is 5.32 Å². The third-order valence-corrected chi connectivity index (χ3v) is 3.97. The highest BCUT2D eigenvalue weighted by Gasteiger charge is 2.26. The van der Waals surface area contributed by atoms with Crippen molar-refractivity contribution in [3.8, 4) is 11.3 Å². The summed E-state index contributed by atoms with van der Waals surface area (Å²) >= 11 is 0. The monoisotopic (exact) mass is 366 g/mol. The number of carbonyl (C=O) groups excluding carboxylic acids is 1. The molecule has 2 rings (SSSR count). The van der Waals surface area contributed by atoms with Crippen LogP contribution in [-0.4, -0.2) is 28.5 Å². The van der Waals surface area contributed by atoms with Crippen molar-refractivity contribution in [2.45, 2.75) is 33.1 Å². The zero-order valence-electron chi connectivity index (χ0n) is 14.5. The molecule has 1 heterocycles. The Balaban J connectivity index is 1.84. The van der Waals surface area contributed by atoms with E-state index in [0.717, 1.165) is 12.1 Å². The number of oxazole rings is 1. The van der Waals surface area contributed by atoms with Crippen molar-refractivity contribution < 1.29 is 27.9 Å². The van der Waals surface area contributed by atoms with Crippen molar-refractivity contribution in [2.24, 2.45) is 5.41 Å². The molecule has 0 aliphatic heterocycles. The summed E-state index contributed by atoms with van der Waals surface area (Å²) in [6.45, 7) is 3.42. The lowest BCUT2D eigenvalue weighted by Gasteiger charge is -2.18. The molecule has 1 amide bonds. The van der Waals surface area contributed by atoms with Gasteiger partial charge in [-0.3, -0.25) is 9.59 Å². The summed E-state index contributed by atoms with van der Waals surface area (Å²) in [4.78, 5) is 26.8. The summed E-state index contributed by atoms with van der Waals surface area (Å²) < 4.78 is 32.1. The molecule has 0 saturated heterocycles. The van der Waals surface area contributed by atoms with Crippen LogP contribution in [0.2, 0.25) is 0 Å². The smallest absolute Gasteiger partial charge is 0.309 e. The minimum atomic E-state index is -0.924. The number of hydrogen-bond donors (Lipinski definition) is 2. The third-order valence-electron chi connectivity index (χ3n) is 3.97. The van der Waals surface area contributed by atoms with Crippen molar-refractivity contribution >= 4 is 11.9 Å². The standard InChI is InChI=1S/C18H20F2N2O4/c1-18(2,17(24)25)7-8-21-15(23)5-6-16-22-10-14(26-16)12-4-3-11(19)9-13(12)20/h3-4,9-10H,5-8H2,1-2H3,(H,21,23)(H,24,25). The summed E-state index contributed by atoms with van der Waals surface area (Å²) in [5.74, 6) is -2.22. The number of hydrogen-bond acceptors (Lipinski definition) is 4. The molecule has 6 nitrogen and oxygen atoms in total. The number of amides is 1. The lowest BCUT2D eigenvalue weighted by molar-refractivity contribution is -0.147. The van der Waals surface area contributed by atoms with Gasteiger partial charge in [-0.15, -0.1) is 0 Å². The second kappa shape index (κ2) is 8.07. The van der Waals surface area contributed by atoms with Crippen LogP contribution in [0.15, 0.2) is 28.8 Å². The van der Waals surface area contributed by atoms with E-state index in [1.165, 1.54) is 12.3 Å². The van der Waals surface area contributed by atoms with Gasteiger partial charge in [-0.05, 0) is 32.4 Å². The van der Waals surface area contributed by atoms with Crippen LogP contribution in [0.3, 0.4) is 0 Å². The predicted octanol–water partition coefficient (Wildman–Crippen LogP) is 3.17. The maximum atomic E-state index is 13.7. The Hall–Kier alpha value is -2.77. The Morgan fingerprint density at radius 2 is 2.04 bits per heavy atom. The lowest BCUT2D eigenvalue weighted by Crippen LogP contribution is -2.32. The molecule has 0 saturated carbocycles. The minimum absolute atomic E-state index is 0.0884. The van der Waals surface area contributed by atoms with E-state index in [2.05, 4.69) is 10.3 Å². The van der Waals surface area contributed by atoms with Crippen molar-refractivity contribution in [3.63, 3.8) is 0 Å². The number of nitrogens with zero attached hydrogens (tertiary/aromatic N) is 1. The van der Waals surface area contributed by atoms with Gasteiger partial charge in [0.25, 0.3) is 0 Å². The highest BCUT2D eigenvalue weighted by molar-refractivity contribution is 5.76. The molecule has 0 atom stereocenters. The van der Waals surface area contributed by atoms with Crippen molar-refractivity contribution in [3.05, 3.63) is 41.9 Å². The Bertz CT molecular complexity index is 802. The predicted molar refractivity (Wildman–Crippen MR) is 89.2 cm³/mol. The van der Waals surface area contributed by atoms with Crippen LogP contribution in [0.4, 0.5) is 8.78 Å². The maximum Gasteiger partial charge on any atom is 0.309 e. The fourth-order valence-electron chi connectivity index (χ4n) is 2.17. The van der Waals surface area contributed by atoms with Crippen LogP contribution in [-0.2, 0) is 16.0 Å². The van der Waals surface area contributed by atoms with Gasteiger partial charge in [-0.2, -0.15) is 0 Å². The summed E-state index contributed by atoms with van der Waals surface area (Å²) in [6.07, 6.45) is 1.93. The number of halogens is 2. The summed E-state index contributed by atoms with van der Waals surface area (Å²) in [6, 6.07) is 3.13. The Morgan fingerprint density at radius 1 is 1.31 bits per heavy atom. The molecule has 0 radical (unpaired) electrons. The van der Waals surface area contributed by atoms with E-state index in [1.54, 1.807) is 13.8 Å². The molecule has 0 spiro atoms. The SMILES string of the molecule is CC(C)(CCNC(=O)CCc1ncc(-c2ccc(F)cc2F)o1)C(=O)O. The molecule has 26 heavy (non-hydrogen) atoms. The molecule has 140 valence electrons. The molecule has 2 aromatic rings. The first-order valence-corrected chi connectivity index (χ1v) is 8.09. The highest BCUT2D eigenvalue weighted by atomic mass is 19.1. The molecule has 0 fully saturated rings. The largest absolute Gasteiger partial charge is 0.481 e.